The lowest BCUT2D eigenvalue weighted by Gasteiger charge is -2.39. The van der Waals surface area contributed by atoms with Gasteiger partial charge in [0.15, 0.2) is 6.23 Å². The summed E-state index contributed by atoms with van der Waals surface area (Å²) in [6, 6.07) is 23.4. The van der Waals surface area contributed by atoms with Crippen LogP contribution in [0.1, 0.15) is 62.6 Å². The van der Waals surface area contributed by atoms with E-state index < -0.39 is 68.5 Å². The molecule has 1 saturated heterocycles. The van der Waals surface area contributed by atoms with Crippen LogP contribution < -0.4 is 26.0 Å². The van der Waals surface area contributed by atoms with Crippen molar-refractivity contribution in [3.63, 3.8) is 0 Å². The second-order valence-electron chi connectivity index (χ2n) is 14.5. The maximum atomic E-state index is 14.1. The number of H-pyrrole nitrogens is 1. The third-order valence-electron chi connectivity index (χ3n) is 9.83. The van der Waals surface area contributed by atoms with Gasteiger partial charge >= 0.3 is 17.8 Å². The van der Waals surface area contributed by atoms with Crippen molar-refractivity contribution in [3.8, 4) is 17.6 Å². The molecule has 60 heavy (non-hydrogen) atoms. The van der Waals surface area contributed by atoms with Gasteiger partial charge in [0.05, 0.1) is 39.9 Å². The average Bonchev–Trinajstić information content (AvgIpc) is 3.55. The van der Waals surface area contributed by atoms with Crippen molar-refractivity contribution in [2.75, 3.05) is 27.4 Å². The zero-order valence-corrected chi connectivity index (χ0v) is 35.2. The molecule has 2 N–H and O–H groups in total. The molecule has 1 fully saturated rings. The molecular weight excluding hydrogens is 806 g/mol. The Labute approximate surface area is 347 Å². The topological polar surface area (TPSA) is 166 Å². The number of amides is 1. The molecule has 18 heteroatoms. The molecule has 0 radical (unpaired) electrons. The number of hydrogen-bond acceptors (Lipinski definition) is 11. The van der Waals surface area contributed by atoms with Crippen LogP contribution in [0.4, 0.5) is 13.2 Å². The summed E-state index contributed by atoms with van der Waals surface area (Å²) in [5.41, 5.74) is -1.18. The zero-order chi connectivity index (χ0) is 43.8. The van der Waals surface area contributed by atoms with Gasteiger partial charge in [-0.1, -0.05) is 54.6 Å². The molecule has 0 spiro atoms. The van der Waals surface area contributed by atoms with E-state index in [9.17, 15) is 32.8 Å². The molecule has 322 valence electrons. The van der Waals surface area contributed by atoms with Crippen LogP contribution >= 0.6 is 8.53 Å². The summed E-state index contributed by atoms with van der Waals surface area (Å²) < 4.78 is 82.6. The smallest absolute Gasteiger partial charge is 0.471 e. The Bertz CT molecular complexity index is 2140. The molecule has 0 saturated carbocycles. The highest BCUT2D eigenvalue weighted by atomic mass is 31.2. The number of aryl methyl sites for hydroxylation is 1. The zero-order valence-electron chi connectivity index (χ0n) is 34.3. The lowest BCUT2D eigenvalue weighted by molar-refractivity contribution is -0.175. The number of carbonyl (C=O) groups excluding carboxylic acids is 1. The number of methoxy groups -OCH3 is 2. The molecule has 0 aliphatic carbocycles. The van der Waals surface area contributed by atoms with Crippen molar-refractivity contribution in [1.82, 2.24) is 19.5 Å². The number of rotatable bonds is 18. The summed E-state index contributed by atoms with van der Waals surface area (Å²) in [5, 5.41) is 11.4. The minimum absolute atomic E-state index is 0.0217. The maximum absolute atomic E-state index is 14.1. The Hall–Kier alpha value is -5.08. The first-order chi connectivity index (χ1) is 28.5. The van der Waals surface area contributed by atoms with Crippen molar-refractivity contribution >= 4 is 14.4 Å². The van der Waals surface area contributed by atoms with Gasteiger partial charge in [-0.15, -0.1) is 0 Å². The van der Waals surface area contributed by atoms with E-state index in [0.717, 1.165) is 10.8 Å². The van der Waals surface area contributed by atoms with Crippen LogP contribution in [0, 0.1) is 18.3 Å². The number of aromatic nitrogens is 2. The molecule has 1 aromatic heterocycles. The van der Waals surface area contributed by atoms with Gasteiger partial charge in [0.25, 0.3) is 14.1 Å². The van der Waals surface area contributed by atoms with E-state index in [0.29, 0.717) is 28.2 Å². The van der Waals surface area contributed by atoms with Crippen LogP contribution in [0.25, 0.3) is 0 Å². The lowest BCUT2D eigenvalue weighted by atomic mass is 9.80. The summed E-state index contributed by atoms with van der Waals surface area (Å²) in [5.74, 6) is -1.18. The molecule has 1 amide bonds. The van der Waals surface area contributed by atoms with Crippen LogP contribution in [-0.4, -0.2) is 84.1 Å². The number of nitriles is 1. The number of hydrogen-bond donors (Lipinski definition) is 2. The van der Waals surface area contributed by atoms with Crippen LogP contribution in [-0.2, 0) is 28.9 Å². The number of halogens is 3. The van der Waals surface area contributed by atoms with E-state index in [2.05, 4.69) is 4.98 Å². The monoisotopic (exact) mass is 855 g/mol. The van der Waals surface area contributed by atoms with E-state index in [1.807, 2.05) is 98.3 Å². The van der Waals surface area contributed by atoms with Crippen molar-refractivity contribution in [1.29, 1.82) is 5.26 Å². The molecule has 3 aromatic carbocycles. The summed E-state index contributed by atoms with van der Waals surface area (Å²) in [6.07, 6.45) is -8.70. The normalized spacial score (nSPS) is 18.7. The molecule has 2 heterocycles. The number of aromatic amines is 1. The van der Waals surface area contributed by atoms with Gasteiger partial charge in [-0.3, -0.25) is 19.1 Å². The Morgan fingerprint density at radius 2 is 1.48 bits per heavy atom. The summed E-state index contributed by atoms with van der Waals surface area (Å²) in [7, 11) is 0.894. The summed E-state index contributed by atoms with van der Waals surface area (Å²) >= 11 is 0. The predicted octanol–water partition coefficient (Wildman–Crippen LogP) is 6.48. The highest BCUT2D eigenvalue weighted by Crippen LogP contribution is 2.51. The number of nitrogens with one attached hydrogen (secondary N) is 2. The SMILES string of the molecule is COc1ccc(C(OC[C@@H]2O[C@@H](n3cc(C)c(=O)[nH]c3=O)[C@H](NC(=O)C(F)(F)F)[C@H]2OP(OCCC#N)N(C(C)C)C(C)C)(c2ccccc2)c2ccc(OC)cc2)cc1. The maximum Gasteiger partial charge on any atom is 0.471 e. The first-order valence-electron chi connectivity index (χ1n) is 19.1. The quantitative estimate of drug-likeness (QED) is 0.0640. The van der Waals surface area contributed by atoms with E-state index in [1.165, 1.54) is 21.1 Å². The van der Waals surface area contributed by atoms with Crippen LogP contribution in [0.2, 0.25) is 0 Å². The van der Waals surface area contributed by atoms with Gasteiger partial charge < -0.3 is 33.3 Å². The fourth-order valence-electron chi connectivity index (χ4n) is 7.08. The fourth-order valence-corrected chi connectivity index (χ4v) is 8.86. The minimum atomic E-state index is -5.35. The molecular formula is C42H49F3N5O9P. The van der Waals surface area contributed by atoms with Crippen molar-refractivity contribution < 1.29 is 46.0 Å². The minimum Gasteiger partial charge on any atom is -0.497 e. The van der Waals surface area contributed by atoms with Crippen LogP contribution in [0.15, 0.2) is 94.6 Å². The van der Waals surface area contributed by atoms with Crippen molar-refractivity contribution in [2.45, 2.75) is 89.4 Å². The summed E-state index contributed by atoms with van der Waals surface area (Å²) in [6.45, 7) is 8.43. The van der Waals surface area contributed by atoms with E-state index in [1.54, 1.807) is 24.3 Å². The summed E-state index contributed by atoms with van der Waals surface area (Å²) in [4.78, 5) is 40.9. The Morgan fingerprint density at radius 1 is 0.933 bits per heavy atom. The van der Waals surface area contributed by atoms with E-state index >= 15 is 0 Å². The van der Waals surface area contributed by atoms with Gasteiger partial charge in [0.2, 0.25) is 0 Å². The van der Waals surface area contributed by atoms with Gasteiger partial charge in [-0.2, -0.15) is 18.4 Å². The Kier molecular flexibility index (Phi) is 15.3. The lowest BCUT2D eigenvalue weighted by Crippen LogP contribution is -2.53. The molecule has 14 nitrogen and oxygen atoms in total. The Balaban J connectivity index is 1.73. The van der Waals surface area contributed by atoms with Gasteiger partial charge in [-0.05, 0) is 75.6 Å². The number of carbonyl (C=O) groups is 1. The van der Waals surface area contributed by atoms with Gasteiger partial charge in [0, 0.05) is 23.8 Å². The predicted molar refractivity (Wildman–Crippen MR) is 216 cm³/mol. The molecule has 5 rings (SSSR count). The second kappa shape index (κ2) is 20.0. The third-order valence-corrected chi connectivity index (χ3v) is 12.0. The molecule has 4 aromatic rings. The Morgan fingerprint density at radius 3 is 1.98 bits per heavy atom. The van der Waals surface area contributed by atoms with Crippen molar-refractivity contribution in [2.24, 2.45) is 0 Å². The first kappa shape index (κ1) is 46.0. The molecule has 0 bridgehead atoms. The van der Waals surface area contributed by atoms with E-state index in [-0.39, 0.29) is 30.7 Å². The van der Waals surface area contributed by atoms with Gasteiger partial charge in [-0.25, -0.2) is 9.46 Å². The van der Waals surface area contributed by atoms with Crippen molar-refractivity contribution in [3.05, 3.63) is 128 Å². The molecule has 1 aliphatic heterocycles. The second-order valence-corrected chi connectivity index (χ2v) is 15.9. The number of benzene rings is 3. The molecule has 5 atom stereocenters. The van der Waals surface area contributed by atoms with Crippen LogP contribution in [0.3, 0.4) is 0 Å². The third kappa shape index (κ3) is 10.3. The van der Waals surface area contributed by atoms with Crippen LogP contribution in [0.5, 0.6) is 11.5 Å². The average molecular weight is 856 g/mol. The standard InChI is InChI=1S/C42H49F3N5O9P/c1-26(2)50(27(3)4)60(57-23-11-22-46)59-36-34(58-38(35(36)47-39(52)42(43,44)45)49-24-28(5)37(51)48-40(49)53)25-56-41(29-12-9-8-10-13-29,30-14-18-32(54-6)19-15-30)31-16-20-33(55-7)21-17-31/h8-10,12-21,24,26-27,34-36,38H,11,23,25H2,1-7H3,(H,47,52)(H,48,51,53)/t34-,35+,36-,38+,60?/m0/s1. The highest BCUT2D eigenvalue weighted by Gasteiger charge is 2.53. The first-order valence-corrected chi connectivity index (χ1v) is 20.3. The largest absolute Gasteiger partial charge is 0.497 e. The number of nitrogens with zero attached hydrogens (tertiary/aromatic N) is 3. The van der Waals surface area contributed by atoms with Gasteiger partial charge in [0.1, 0.15) is 35.3 Å². The highest BCUT2D eigenvalue weighted by molar-refractivity contribution is 7.44. The number of alkyl halides is 3. The fraction of sp³-hybridized carbons (Fsp3) is 0.429. The van der Waals surface area contributed by atoms with E-state index in [4.69, 9.17) is 28.0 Å². The molecule has 1 aliphatic rings. The molecule has 1 unspecified atom stereocenters. The number of ether oxygens (including phenoxy) is 4.